The summed E-state index contributed by atoms with van der Waals surface area (Å²) in [4.78, 5) is 29.7. The Morgan fingerprint density at radius 1 is 0.860 bits per heavy atom. The fraction of sp³-hybridized carbons (Fsp3) is 0.471. The van der Waals surface area contributed by atoms with E-state index in [0.717, 1.165) is 70.2 Å². The second-order valence-electron chi connectivity index (χ2n) is 11.1. The minimum Gasteiger partial charge on any atom is -0.494 e. The van der Waals surface area contributed by atoms with Crippen molar-refractivity contribution in [3.8, 4) is 5.75 Å². The van der Waals surface area contributed by atoms with Crippen LogP contribution in [0.4, 0.5) is 10.5 Å². The van der Waals surface area contributed by atoms with Crippen molar-refractivity contribution in [2.75, 3.05) is 50.8 Å². The molecular weight excluding hydrogens is 562 g/mol. The maximum absolute atomic E-state index is 12.6. The van der Waals surface area contributed by atoms with Gasteiger partial charge in [0.1, 0.15) is 5.75 Å². The van der Waals surface area contributed by atoms with E-state index in [1.165, 1.54) is 39.2 Å². The Morgan fingerprint density at radius 3 is 2.53 bits per heavy atom. The van der Waals surface area contributed by atoms with E-state index in [1.54, 1.807) is 17.4 Å². The molecule has 1 aliphatic heterocycles. The summed E-state index contributed by atoms with van der Waals surface area (Å²) in [7, 11) is 0. The van der Waals surface area contributed by atoms with Crippen LogP contribution in [0.15, 0.2) is 64.8 Å². The van der Waals surface area contributed by atoms with Crippen LogP contribution in [0.1, 0.15) is 51.9 Å². The van der Waals surface area contributed by atoms with Crippen LogP contribution in [-0.4, -0.2) is 61.6 Å². The van der Waals surface area contributed by atoms with Crippen molar-refractivity contribution < 1.29 is 19.0 Å². The third kappa shape index (κ3) is 8.51. The summed E-state index contributed by atoms with van der Waals surface area (Å²) in [5.74, 6) is 0.692. The number of hydrogen-bond acceptors (Lipinski definition) is 8. The summed E-state index contributed by atoms with van der Waals surface area (Å²) in [5, 5.41) is 4.41. The van der Waals surface area contributed by atoms with Crippen molar-refractivity contribution in [3.05, 3.63) is 70.3 Å². The molecule has 0 spiro atoms. The molecule has 0 atom stereocenters. The quantitative estimate of drug-likeness (QED) is 0.104. The third-order valence-electron chi connectivity index (χ3n) is 8.07. The number of piperazine rings is 1. The average Bonchev–Trinajstić information content (AvgIpc) is 3.52. The fourth-order valence-corrected chi connectivity index (χ4v) is 6.41. The van der Waals surface area contributed by atoms with Crippen LogP contribution < -0.4 is 15.2 Å². The topological polar surface area (TPSA) is 73.2 Å². The second kappa shape index (κ2) is 15.8. The maximum atomic E-state index is 12.6. The molecule has 1 aliphatic rings. The van der Waals surface area contributed by atoms with Gasteiger partial charge in [0.2, 0.25) is 0 Å². The van der Waals surface area contributed by atoms with Gasteiger partial charge in [-0.05, 0) is 73.0 Å². The molecule has 2 aromatic heterocycles. The van der Waals surface area contributed by atoms with Crippen molar-refractivity contribution in [1.29, 1.82) is 0 Å². The van der Waals surface area contributed by atoms with Crippen LogP contribution in [0, 0.1) is 0 Å². The Morgan fingerprint density at radius 2 is 1.67 bits per heavy atom. The molecule has 3 heterocycles. The average molecular weight is 606 g/mol. The minimum absolute atomic E-state index is 0.204. The first-order valence-corrected chi connectivity index (χ1v) is 16.5. The molecule has 0 saturated carbocycles. The Bertz CT molecular complexity index is 1530. The summed E-state index contributed by atoms with van der Waals surface area (Å²) in [6.07, 6.45) is 6.58. The number of nitrogens with zero attached hydrogens (tertiary/aromatic N) is 3. The lowest BCUT2D eigenvalue weighted by Gasteiger charge is -2.36. The van der Waals surface area contributed by atoms with Gasteiger partial charge < -0.3 is 19.1 Å². The lowest BCUT2D eigenvalue weighted by atomic mass is 10.2. The number of benzene rings is 2. The molecule has 0 amide bonds. The van der Waals surface area contributed by atoms with Gasteiger partial charge in [0.05, 0.1) is 18.7 Å². The Kier molecular flexibility index (Phi) is 11.3. The molecule has 0 aliphatic carbocycles. The number of hydrogen-bond donors (Lipinski definition) is 0. The van der Waals surface area contributed by atoms with Gasteiger partial charge in [-0.15, -0.1) is 11.3 Å². The van der Waals surface area contributed by atoms with Gasteiger partial charge in [-0.2, -0.15) is 0 Å². The Balaban J connectivity index is 1.04. The normalized spacial score (nSPS) is 13.9. The summed E-state index contributed by atoms with van der Waals surface area (Å²) >= 11 is 1.80. The zero-order valence-electron chi connectivity index (χ0n) is 25.2. The number of carbonyl (C=O) groups excluding carboxylic acids is 1. The van der Waals surface area contributed by atoms with Gasteiger partial charge in [-0.1, -0.05) is 38.7 Å². The number of anilines is 1. The first-order chi connectivity index (χ1) is 21.1. The summed E-state index contributed by atoms with van der Waals surface area (Å²) in [6, 6.07) is 17.8. The van der Waals surface area contributed by atoms with Crippen LogP contribution in [0.2, 0.25) is 0 Å². The lowest BCUT2D eigenvalue weighted by Crippen LogP contribution is -2.46. The molecule has 0 radical (unpaired) electrons. The van der Waals surface area contributed by atoms with Gasteiger partial charge in [0, 0.05) is 54.1 Å². The second-order valence-corrected chi connectivity index (χ2v) is 12.0. The van der Waals surface area contributed by atoms with E-state index in [9.17, 15) is 9.59 Å². The zero-order valence-corrected chi connectivity index (χ0v) is 26.0. The van der Waals surface area contributed by atoms with Crippen LogP contribution in [0.25, 0.3) is 21.0 Å². The van der Waals surface area contributed by atoms with E-state index in [4.69, 9.17) is 14.2 Å². The number of carbonyl (C=O) groups is 1. The molecule has 1 saturated heterocycles. The predicted molar refractivity (Wildman–Crippen MR) is 175 cm³/mol. The molecule has 1 fully saturated rings. The molecule has 0 unspecified atom stereocenters. The van der Waals surface area contributed by atoms with Gasteiger partial charge in [0.15, 0.2) is 6.73 Å². The molecule has 4 aromatic rings. The molecule has 2 aromatic carbocycles. The predicted octanol–water partition coefficient (Wildman–Crippen LogP) is 7.28. The van der Waals surface area contributed by atoms with Gasteiger partial charge in [-0.25, -0.2) is 4.79 Å². The molecule has 43 heavy (non-hydrogen) atoms. The number of pyridine rings is 1. The minimum atomic E-state index is -0.756. The SMILES string of the molecule is CCCCCCCOC(=O)OCn1c(=O)ccc2ccc(OCCCCN3CCN(c4cccc5sccc45)CC3)cc21. The monoisotopic (exact) mass is 605 g/mol. The van der Waals surface area contributed by atoms with E-state index in [-0.39, 0.29) is 12.3 Å². The van der Waals surface area contributed by atoms with Crippen LogP contribution >= 0.6 is 11.3 Å². The number of fused-ring (bicyclic) bond motifs is 2. The highest BCUT2D eigenvalue weighted by molar-refractivity contribution is 7.17. The lowest BCUT2D eigenvalue weighted by molar-refractivity contribution is 0.0331. The molecule has 0 bridgehead atoms. The highest BCUT2D eigenvalue weighted by atomic mass is 32.1. The standard InChI is InChI=1S/C34H43N3O5S/c1-2-3-4-5-7-23-41-34(39)42-26-37-31-25-28(14-12-27(31)13-15-33(37)38)40-22-8-6-17-35-18-20-36(21-19-35)30-10-9-11-32-29(30)16-24-43-32/h9-16,24-25H,2-8,17-23,26H2,1H3. The van der Waals surface area contributed by atoms with Crippen LogP contribution in [-0.2, 0) is 16.2 Å². The number of ether oxygens (including phenoxy) is 3. The van der Waals surface area contributed by atoms with E-state index in [2.05, 4.69) is 46.4 Å². The molecule has 230 valence electrons. The van der Waals surface area contributed by atoms with Crippen molar-refractivity contribution in [2.24, 2.45) is 0 Å². The van der Waals surface area contributed by atoms with Crippen molar-refractivity contribution in [2.45, 2.75) is 58.6 Å². The van der Waals surface area contributed by atoms with Crippen molar-refractivity contribution in [1.82, 2.24) is 9.47 Å². The van der Waals surface area contributed by atoms with Gasteiger partial charge in [-0.3, -0.25) is 14.3 Å². The third-order valence-corrected chi connectivity index (χ3v) is 8.95. The number of rotatable bonds is 15. The van der Waals surface area contributed by atoms with E-state index in [0.29, 0.717) is 24.5 Å². The number of unbranched alkanes of at least 4 members (excludes halogenated alkanes) is 5. The Labute approximate surface area is 257 Å². The summed E-state index contributed by atoms with van der Waals surface area (Å²) < 4.78 is 19.3. The van der Waals surface area contributed by atoms with Crippen molar-refractivity contribution >= 4 is 44.2 Å². The smallest absolute Gasteiger partial charge is 0.494 e. The number of aromatic nitrogens is 1. The highest BCUT2D eigenvalue weighted by Crippen LogP contribution is 2.31. The van der Waals surface area contributed by atoms with Gasteiger partial charge >= 0.3 is 6.16 Å². The van der Waals surface area contributed by atoms with E-state index >= 15 is 0 Å². The maximum Gasteiger partial charge on any atom is 0.510 e. The van der Waals surface area contributed by atoms with Crippen LogP contribution in [0.3, 0.4) is 0 Å². The molecule has 0 N–H and O–H groups in total. The highest BCUT2D eigenvalue weighted by Gasteiger charge is 2.18. The Hall–Kier alpha value is -3.56. The summed E-state index contributed by atoms with van der Waals surface area (Å²) in [6.45, 7) is 8.17. The first-order valence-electron chi connectivity index (χ1n) is 15.6. The van der Waals surface area contributed by atoms with Gasteiger partial charge in [0.25, 0.3) is 5.56 Å². The molecular formula is C34H43N3O5S. The molecule has 8 nitrogen and oxygen atoms in total. The number of thiophene rings is 1. The fourth-order valence-electron chi connectivity index (χ4n) is 5.60. The van der Waals surface area contributed by atoms with E-state index < -0.39 is 6.16 Å². The molecule has 5 rings (SSSR count). The summed E-state index contributed by atoms with van der Waals surface area (Å²) in [5.41, 5.74) is 1.77. The van der Waals surface area contributed by atoms with E-state index in [1.807, 2.05) is 18.2 Å². The van der Waals surface area contributed by atoms with Crippen molar-refractivity contribution in [3.63, 3.8) is 0 Å². The zero-order chi connectivity index (χ0) is 29.9. The molecule has 9 heteroatoms. The first kappa shape index (κ1) is 30.9. The largest absolute Gasteiger partial charge is 0.510 e. The van der Waals surface area contributed by atoms with Crippen LogP contribution in [0.5, 0.6) is 5.75 Å².